The number of carbonyl (C=O) groups is 2. The van der Waals surface area contributed by atoms with E-state index < -0.39 is 0 Å². The number of methoxy groups -OCH3 is 1. The third kappa shape index (κ3) is 2.46. The largest absolute Gasteiger partial charge is 0.383 e. The maximum Gasteiger partial charge on any atom is 0.267 e. The van der Waals surface area contributed by atoms with Crippen molar-refractivity contribution < 1.29 is 14.3 Å². The average molecular weight is 447 g/mol. The molecule has 0 bridgehead atoms. The molecule has 2 aromatic carbocycles. The van der Waals surface area contributed by atoms with Gasteiger partial charge in [-0.3, -0.25) is 14.3 Å². The van der Waals surface area contributed by atoms with Gasteiger partial charge in [0.05, 0.1) is 35.2 Å². The van der Waals surface area contributed by atoms with Crippen LogP contribution in [-0.2, 0) is 11.3 Å². The van der Waals surface area contributed by atoms with Crippen LogP contribution in [0.2, 0.25) is 0 Å². The molecule has 0 saturated carbocycles. The molecule has 1 aliphatic rings. The van der Waals surface area contributed by atoms with Crippen LogP contribution in [-0.4, -0.2) is 35.3 Å². The van der Waals surface area contributed by atoms with E-state index in [1.165, 1.54) is 4.90 Å². The number of fused-ring (bicyclic) bond motifs is 2. The SMILES string of the molecule is COCCn1nc(N2C(=O)c3ccccc3C2=O)c2c(I)cccc21. The molecule has 4 rings (SSSR count). The maximum absolute atomic E-state index is 12.8. The molecule has 0 unspecified atom stereocenters. The third-order valence-corrected chi connectivity index (χ3v) is 5.12. The lowest BCUT2D eigenvalue weighted by Gasteiger charge is -2.11. The molecule has 2 amide bonds. The monoisotopic (exact) mass is 447 g/mol. The van der Waals surface area contributed by atoms with Crippen molar-refractivity contribution in [3.05, 3.63) is 57.2 Å². The number of aromatic nitrogens is 2. The van der Waals surface area contributed by atoms with Crippen LogP contribution in [0.4, 0.5) is 5.82 Å². The van der Waals surface area contributed by atoms with Gasteiger partial charge in [0.1, 0.15) is 0 Å². The van der Waals surface area contributed by atoms with E-state index in [-0.39, 0.29) is 11.8 Å². The molecule has 0 saturated heterocycles. The maximum atomic E-state index is 12.8. The van der Waals surface area contributed by atoms with Gasteiger partial charge in [0, 0.05) is 10.7 Å². The Balaban J connectivity index is 1.91. The van der Waals surface area contributed by atoms with E-state index in [1.54, 1.807) is 36.1 Å². The van der Waals surface area contributed by atoms with Crippen LogP contribution < -0.4 is 4.90 Å². The van der Waals surface area contributed by atoms with Crippen molar-refractivity contribution in [2.75, 3.05) is 18.6 Å². The Labute approximate surface area is 157 Å². The molecule has 3 aromatic rings. The van der Waals surface area contributed by atoms with E-state index in [4.69, 9.17) is 4.74 Å². The third-order valence-electron chi connectivity index (χ3n) is 4.22. The summed E-state index contributed by atoms with van der Waals surface area (Å²) in [5.74, 6) is -0.292. The number of halogens is 1. The number of hydrogen-bond acceptors (Lipinski definition) is 4. The van der Waals surface area contributed by atoms with Gasteiger partial charge in [-0.15, -0.1) is 0 Å². The molecular formula is C18H14IN3O3. The zero-order valence-corrected chi connectivity index (χ0v) is 15.6. The van der Waals surface area contributed by atoms with Gasteiger partial charge < -0.3 is 4.74 Å². The Kier molecular flexibility index (Phi) is 4.04. The van der Waals surface area contributed by atoms with Crippen LogP contribution in [0.15, 0.2) is 42.5 Å². The quantitative estimate of drug-likeness (QED) is 0.456. The summed E-state index contributed by atoms with van der Waals surface area (Å²) < 4.78 is 7.86. The minimum Gasteiger partial charge on any atom is -0.383 e. The van der Waals surface area contributed by atoms with Gasteiger partial charge in [0.15, 0.2) is 5.82 Å². The van der Waals surface area contributed by atoms with Crippen molar-refractivity contribution in [3.63, 3.8) is 0 Å². The highest BCUT2D eigenvalue weighted by atomic mass is 127. The van der Waals surface area contributed by atoms with Crippen molar-refractivity contribution in [1.29, 1.82) is 0 Å². The van der Waals surface area contributed by atoms with E-state index in [9.17, 15) is 9.59 Å². The minimum atomic E-state index is -0.335. The standard InChI is InChI=1S/C18H14IN3O3/c1-25-10-9-21-14-8-4-7-13(19)15(14)16(20-21)22-17(23)11-5-2-3-6-12(11)18(22)24/h2-8H,9-10H2,1H3. The topological polar surface area (TPSA) is 64.4 Å². The summed E-state index contributed by atoms with van der Waals surface area (Å²) >= 11 is 2.20. The first kappa shape index (κ1) is 16.2. The van der Waals surface area contributed by atoms with E-state index in [1.807, 2.05) is 18.2 Å². The van der Waals surface area contributed by atoms with Crippen molar-refractivity contribution in [3.8, 4) is 0 Å². The molecule has 0 spiro atoms. The lowest BCUT2D eigenvalue weighted by atomic mass is 10.1. The fourth-order valence-electron chi connectivity index (χ4n) is 3.05. The Morgan fingerprint density at radius 1 is 1.04 bits per heavy atom. The zero-order chi connectivity index (χ0) is 17.6. The Bertz CT molecular complexity index is 977. The molecule has 0 N–H and O–H groups in total. The summed E-state index contributed by atoms with van der Waals surface area (Å²) in [5, 5.41) is 5.37. The summed E-state index contributed by atoms with van der Waals surface area (Å²) in [4.78, 5) is 26.8. The van der Waals surface area contributed by atoms with Crippen LogP contribution in [0.25, 0.3) is 10.9 Å². The molecule has 1 aliphatic heterocycles. The molecular weight excluding hydrogens is 433 g/mol. The van der Waals surface area contributed by atoms with Crippen molar-refractivity contribution in [2.24, 2.45) is 0 Å². The van der Waals surface area contributed by atoms with Crippen LogP contribution in [0.3, 0.4) is 0 Å². The van der Waals surface area contributed by atoms with Crippen molar-refractivity contribution in [2.45, 2.75) is 6.54 Å². The number of carbonyl (C=O) groups excluding carboxylic acids is 2. The molecule has 0 fully saturated rings. The highest BCUT2D eigenvalue weighted by Crippen LogP contribution is 2.35. The number of ether oxygens (including phenoxy) is 1. The van der Waals surface area contributed by atoms with Gasteiger partial charge in [0.25, 0.3) is 11.8 Å². The zero-order valence-electron chi connectivity index (χ0n) is 13.4. The van der Waals surface area contributed by atoms with Crippen LogP contribution >= 0.6 is 22.6 Å². The highest BCUT2D eigenvalue weighted by Gasteiger charge is 2.39. The second-order valence-corrected chi connectivity index (χ2v) is 6.83. The first-order chi connectivity index (χ1) is 12.1. The molecule has 0 aliphatic carbocycles. The summed E-state index contributed by atoms with van der Waals surface area (Å²) in [5.41, 5.74) is 1.70. The van der Waals surface area contributed by atoms with E-state index in [2.05, 4.69) is 27.7 Å². The smallest absolute Gasteiger partial charge is 0.267 e. The number of rotatable bonds is 4. The summed E-state index contributed by atoms with van der Waals surface area (Å²) in [6.07, 6.45) is 0. The second kappa shape index (κ2) is 6.23. The van der Waals surface area contributed by atoms with Crippen LogP contribution in [0.5, 0.6) is 0 Å². The lowest BCUT2D eigenvalue weighted by Crippen LogP contribution is -2.30. The van der Waals surface area contributed by atoms with E-state index in [0.29, 0.717) is 30.1 Å². The van der Waals surface area contributed by atoms with E-state index >= 15 is 0 Å². The molecule has 25 heavy (non-hydrogen) atoms. The molecule has 2 heterocycles. The van der Waals surface area contributed by atoms with E-state index in [0.717, 1.165) is 14.5 Å². The number of nitrogens with zero attached hydrogens (tertiary/aromatic N) is 3. The van der Waals surface area contributed by atoms with Crippen LogP contribution in [0, 0.1) is 3.57 Å². The van der Waals surface area contributed by atoms with Gasteiger partial charge in [-0.2, -0.15) is 5.10 Å². The predicted octanol–water partition coefficient (Wildman–Crippen LogP) is 3.09. The fourth-order valence-corrected chi connectivity index (χ4v) is 3.78. The second-order valence-electron chi connectivity index (χ2n) is 5.66. The van der Waals surface area contributed by atoms with Crippen molar-refractivity contribution in [1.82, 2.24) is 9.78 Å². The molecule has 0 radical (unpaired) electrons. The van der Waals surface area contributed by atoms with Gasteiger partial charge >= 0.3 is 0 Å². The summed E-state index contributed by atoms with van der Waals surface area (Å²) in [6, 6.07) is 12.7. The first-order valence-corrected chi connectivity index (χ1v) is 8.83. The van der Waals surface area contributed by atoms with Gasteiger partial charge in [0.2, 0.25) is 0 Å². The van der Waals surface area contributed by atoms with Gasteiger partial charge in [-0.1, -0.05) is 18.2 Å². The summed E-state index contributed by atoms with van der Waals surface area (Å²) in [6.45, 7) is 1.03. The number of benzene rings is 2. The van der Waals surface area contributed by atoms with Crippen molar-refractivity contribution >= 4 is 51.1 Å². The Morgan fingerprint density at radius 2 is 1.72 bits per heavy atom. The number of amides is 2. The fraction of sp³-hybridized carbons (Fsp3) is 0.167. The number of hydrogen-bond donors (Lipinski definition) is 0. The normalized spacial score (nSPS) is 13.8. The minimum absolute atomic E-state index is 0.335. The first-order valence-electron chi connectivity index (χ1n) is 7.75. The number of anilines is 1. The molecule has 1 aromatic heterocycles. The average Bonchev–Trinajstić information content (AvgIpc) is 3.10. The van der Waals surface area contributed by atoms with Crippen LogP contribution in [0.1, 0.15) is 20.7 Å². The molecule has 126 valence electrons. The molecule has 6 nitrogen and oxygen atoms in total. The summed E-state index contributed by atoms with van der Waals surface area (Å²) in [7, 11) is 1.63. The Hall–Kier alpha value is -2.26. The lowest BCUT2D eigenvalue weighted by molar-refractivity contribution is 0.0925. The highest BCUT2D eigenvalue weighted by molar-refractivity contribution is 14.1. The molecule has 7 heteroatoms. The van der Waals surface area contributed by atoms with Gasteiger partial charge in [-0.25, -0.2) is 4.90 Å². The Morgan fingerprint density at radius 3 is 2.36 bits per heavy atom. The van der Waals surface area contributed by atoms with Gasteiger partial charge in [-0.05, 0) is 46.9 Å². The molecule has 0 atom stereocenters. The number of imide groups is 1. The predicted molar refractivity (Wildman–Crippen MR) is 102 cm³/mol.